The molecule has 0 unspecified atom stereocenters. The number of hydrogen-bond donors (Lipinski definition) is 0. The summed E-state index contributed by atoms with van der Waals surface area (Å²) in [6.45, 7) is 1.92. The molecule has 0 amide bonds. The molecule has 0 saturated carbocycles. The van der Waals surface area contributed by atoms with Gasteiger partial charge in [-0.2, -0.15) is 0 Å². The first-order valence-electron chi connectivity index (χ1n) is 6.04. The van der Waals surface area contributed by atoms with Gasteiger partial charge in [-0.05, 0) is 36.8 Å². The van der Waals surface area contributed by atoms with E-state index in [1.807, 2.05) is 25.1 Å². The predicted octanol–water partition coefficient (Wildman–Crippen LogP) is 4.87. The van der Waals surface area contributed by atoms with Crippen LogP contribution in [0.1, 0.15) is 21.7 Å². The van der Waals surface area contributed by atoms with Crippen LogP contribution in [0.4, 0.5) is 4.39 Å². The van der Waals surface area contributed by atoms with E-state index in [2.05, 4.69) is 15.9 Å². The maximum atomic E-state index is 13.4. The number of benzene rings is 2. The van der Waals surface area contributed by atoms with Gasteiger partial charge in [-0.25, -0.2) is 4.39 Å². The van der Waals surface area contributed by atoms with Crippen LogP contribution >= 0.6 is 15.9 Å². The van der Waals surface area contributed by atoms with Crippen molar-refractivity contribution in [3.05, 3.63) is 69.6 Å². The van der Waals surface area contributed by atoms with Gasteiger partial charge in [-0.15, -0.1) is 0 Å². The molecule has 0 bridgehead atoms. The normalized spacial score (nSPS) is 10.9. The molecule has 0 aliphatic rings. The topological polar surface area (TPSA) is 30.2 Å². The quantitative estimate of drug-likeness (QED) is 0.626. The highest BCUT2D eigenvalue weighted by Crippen LogP contribution is 2.25. The zero-order valence-corrected chi connectivity index (χ0v) is 12.2. The van der Waals surface area contributed by atoms with E-state index in [1.165, 1.54) is 12.1 Å². The molecule has 0 atom stereocenters. The van der Waals surface area contributed by atoms with Crippen LogP contribution < -0.4 is 0 Å². The smallest absolute Gasteiger partial charge is 0.228 e. The Labute approximate surface area is 123 Å². The van der Waals surface area contributed by atoms with Crippen molar-refractivity contribution in [3.8, 4) is 0 Å². The van der Waals surface area contributed by atoms with Gasteiger partial charge in [0.15, 0.2) is 5.76 Å². The summed E-state index contributed by atoms with van der Waals surface area (Å²) in [6, 6.07) is 11.5. The van der Waals surface area contributed by atoms with Crippen molar-refractivity contribution in [2.24, 2.45) is 0 Å². The highest BCUT2D eigenvalue weighted by Gasteiger charge is 2.16. The van der Waals surface area contributed by atoms with Crippen molar-refractivity contribution < 1.29 is 13.6 Å². The minimum atomic E-state index is -0.463. The number of ketones is 1. The first-order chi connectivity index (χ1) is 9.54. The van der Waals surface area contributed by atoms with E-state index >= 15 is 0 Å². The Hall–Kier alpha value is -1.94. The molecular weight excluding hydrogens is 323 g/mol. The lowest BCUT2D eigenvalue weighted by atomic mass is 10.1. The van der Waals surface area contributed by atoms with Gasteiger partial charge in [0, 0.05) is 15.4 Å². The number of carbonyl (C=O) groups excluding carboxylic acids is 1. The molecule has 1 heterocycles. The summed E-state index contributed by atoms with van der Waals surface area (Å²) in [5.74, 6) is -0.581. The van der Waals surface area contributed by atoms with Crippen LogP contribution in [0.15, 0.2) is 51.4 Å². The fourth-order valence-electron chi connectivity index (χ4n) is 2.15. The van der Waals surface area contributed by atoms with Gasteiger partial charge in [-0.1, -0.05) is 34.1 Å². The number of carbonyl (C=O) groups is 1. The van der Waals surface area contributed by atoms with Gasteiger partial charge < -0.3 is 4.42 Å². The number of fused-ring (bicyclic) bond motifs is 1. The van der Waals surface area contributed by atoms with Gasteiger partial charge in [0.05, 0.1) is 0 Å². The maximum Gasteiger partial charge on any atom is 0.228 e. The second kappa shape index (κ2) is 4.87. The van der Waals surface area contributed by atoms with E-state index in [4.69, 9.17) is 4.42 Å². The molecule has 0 fully saturated rings. The van der Waals surface area contributed by atoms with E-state index < -0.39 is 5.82 Å². The Morgan fingerprint density at radius 3 is 2.70 bits per heavy atom. The molecule has 0 aliphatic heterocycles. The average molecular weight is 333 g/mol. The van der Waals surface area contributed by atoms with Crippen molar-refractivity contribution in [2.45, 2.75) is 6.92 Å². The van der Waals surface area contributed by atoms with E-state index in [0.717, 1.165) is 10.9 Å². The fraction of sp³-hybridized carbons (Fsp3) is 0.0625. The number of halogens is 2. The average Bonchev–Trinajstić information content (AvgIpc) is 2.82. The molecule has 20 heavy (non-hydrogen) atoms. The van der Waals surface area contributed by atoms with Crippen LogP contribution in [-0.4, -0.2) is 5.78 Å². The van der Waals surface area contributed by atoms with Gasteiger partial charge in [0.1, 0.15) is 11.4 Å². The number of hydrogen-bond acceptors (Lipinski definition) is 2. The third kappa shape index (κ3) is 2.27. The van der Waals surface area contributed by atoms with Gasteiger partial charge in [0.25, 0.3) is 0 Å². The predicted molar refractivity (Wildman–Crippen MR) is 78.5 cm³/mol. The van der Waals surface area contributed by atoms with Crippen molar-refractivity contribution in [3.63, 3.8) is 0 Å². The second-order valence-corrected chi connectivity index (χ2v) is 5.51. The number of para-hydroxylation sites is 1. The lowest BCUT2D eigenvalue weighted by Crippen LogP contribution is -2.00. The first-order valence-corrected chi connectivity index (χ1v) is 6.84. The van der Waals surface area contributed by atoms with Crippen LogP contribution in [0.5, 0.6) is 0 Å². The van der Waals surface area contributed by atoms with Crippen LogP contribution in [0.25, 0.3) is 11.0 Å². The third-order valence-corrected chi connectivity index (χ3v) is 3.55. The fourth-order valence-corrected chi connectivity index (χ4v) is 2.61. The highest BCUT2D eigenvalue weighted by atomic mass is 79.9. The third-order valence-electron chi connectivity index (χ3n) is 3.09. The standard InChI is InChI=1S/C16H10BrFO2/c1-9-3-2-4-10-7-14(20-16(9)10)15(19)11-5-12(17)8-13(18)6-11/h2-8H,1H3. The molecule has 4 heteroatoms. The summed E-state index contributed by atoms with van der Waals surface area (Å²) in [6.07, 6.45) is 0. The van der Waals surface area contributed by atoms with Crippen molar-refractivity contribution in [1.82, 2.24) is 0 Å². The van der Waals surface area contributed by atoms with Gasteiger partial charge in [0.2, 0.25) is 5.78 Å². The van der Waals surface area contributed by atoms with E-state index in [9.17, 15) is 9.18 Å². The van der Waals surface area contributed by atoms with Crippen molar-refractivity contribution >= 4 is 32.7 Å². The number of furan rings is 1. The highest BCUT2D eigenvalue weighted by molar-refractivity contribution is 9.10. The van der Waals surface area contributed by atoms with Crippen LogP contribution in [-0.2, 0) is 0 Å². The second-order valence-electron chi connectivity index (χ2n) is 4.59. The van der Waals surface area contributed by atoms with Crippen molar-refractivity contribution in [1.29, 1.82) is 0 Å². The van der Waals surface area contributed by atoms with E-state index in [1.54, 1.807) is 12.1 Å². The summed E-state index contributed by atoms with van der Waals surface area (Å²) in [4.78, 5) is 12.4. The molecular formula is C16H10BrFO2. The summed E-state index contributed by atoms with van der Waals surface area (Å²) >= 11 is 3.18. The molecule has 0 radical (unpaired) electrons. The zero-order chi connectivity index (χ0) is 14.3. The van der Waals surface area contributed by atoms with E-state index in [-0.39, 0.29) is 17.1 Å². The maximum absolute atomic E-state index is 13.4. The molecule has 0 aliphatic carbocycles. The van der Waals surface area contributed by atoms with Gasteiger partial charge >= 0.3 is 0 Å². The molecule has 3 aromatic rings. The zero-order valence-electron chi connectivity index (χ0n) is 10.6. The molecule has 1 aromatic heterocycles. The summed E-state index contributed by atoms with van der Waals surface area (Å²) in [5.41, 5.74) is 1.90. The Bertz CT molecular complexity index is 800. The van der Waals surface area contributed by atoms with Crippen LogP contribution in [0.2, 0.25) is 0 Å². The summed E-state index contributed by atoms with van der Waals surface area (Å²) in [7, 11) is 0. The molecule has 0 spiro atoms. The molecule has 0 N–H and O–H groups in total. The Morgan fingerprint density at radius 2 is 2.00 bits per heavy atom. The lowest BCUT2D eigenvalue weighted by molar-refractivity contribution is 0.101. The SMILES string of the molecule is Cc1cccc2cc(C(=O)c3cc(F)cc(Br)c3)oc12. The monoisotopic (exact) mass is 332 g/mol. The number of rotatable bonds is 2. The largest absolute Gasteiger partial charge is 0.452 e. The minimum absolute atomic E-state index is 0.215. The molecule has 2 nitrogen and oxygen atoms in total. The minimum Gasteiger partial charge on any atom is -0.452 e. The van der Waals surface area contributed by atoms with Gasteiger partial charge in [-0.3, -0.25) is 4.79 Å². The Kier molecular flexibility index (Phi) is 3.18. The summed E-state index contributed by atoms with van der Waals surface area (Å²) < 4.78 is 19.5. The molecule has 2 aromatic carbocycles. The first kappa shape index (κ1) is 13.1. The van der Waals surface area contributed by atoms with E-state index in [0.29, 0.717) is 10.1 Å². The molecule has 3 rings (SSSR count). The van der Waals surface area contributed by atoms with Crippen LogP contribution in [0, 0.1) is 12.7 Å². The summed E-state index contributed by atoms with van der Waals surface area (Å²) in [5, 5.41) is 0.865. The van der Waals surface area contributed by atoms with Crippen molar-refractivity contribution in [2.75, 3.05) is 0 Å². The molecule has 100 valence electrons. The number of aryl methyl sites for hydroxylation is 1. The Balaban J connectivity index is 2.10. The molecule has 0 saturated heterocycles. The Morgan fingerprint density at radius 1 is 1.20 bits per heavy atom. The lowest BCUT2D eigenvalue weighted by Gasteiger charge is -1.99. The van der Waals surface area contributed by atoms with Crippen LogP contribution in [0.3, 0.4) is 0 Å².